The zero-order valence-corrected chi connectivity index (χ0v) is 22.7. The van der Waals surface area contributed by atoms with Gasteiger partial charge in [0.2, 0.25) is 0 Å². The molecule has 4 aromatic heterocycles. The average molecular weight is 546 g/mol. The van der Waals surface area contributed by atoms with Gasteiger partial charge in [0, 0.05) is 71.6 Å². The Bertz CT molecular complexity index is 1670. The first-order valence-corrected chi connectivity index (χ1v) is 13.1. The van der Waals surface area contributed by atoms with Crippen molar-refractivity contribution < 1.29 is 9.53 Å². The summed E-state index contributed by atoms with van der Waals surface area (Å²) in [6.07, 6.45) is 7.27. The Morgan fingerprint density at radius 3 is 2.42 bits per heavy atom. The van der Waals surface area contributed by atoms with Crippen LogP contribution in [0.5, 0.6) is 0 Å². The fourth-order valence-electron chi connectivity index (χ4n) is 4.62. The molecule has 0 atom stereocenters. The monoisotopic (exact) mass is 545 g/mol. The molecule has 6 rings (SSSR count). The molecule has 1 aliphatic rings. The fourth-order valence-corrected chi connectivity index (χ4v) is 5.22. The van der Waals surface area contributed by atoms with Crippen LogP contribution in [0.15, 0.2) is 67.3 Å². The van der Waals surface area contributed by atoms with E-state index < -0.39 is 5.60 Å². The predicted molar refractivity (Wildman–Crippen MR) is 150 cm³/mol. The summed E-state index contributed by atoms with van der Waals surface area (Å²) >= 11 is 12.9. The van der Waals surface area contributed by atoms with Gasteiger partial charge >= 0.3 is 6.09 Å². The number of carbonyl (C=O) groups is 1. The van der Waals surface area contributed by atoms with Crippen molar-refractivity contribution >= 4 is 45.8 Å². The van der Waals surface area contributed by atoms with Crippen LogP contribution in [0.4, 0.5) is 4.79 Å². The maximum absolute atomic E-state index is 12.2. The second-order valence-electron chi connectivity index (χ2n) is 10.5. The molecule has 0 aliphatic carbocycles. The van der Waals surface area contributed by atoms with Crippen molar-refractivity contribution in [2.45, 2.75) is 32.3 Å². The van der Waals surface area contributed by atoms with Gasteiger partial charge in [0.15, 0.2) is 0 Å². The summed E-state index contributed by atoms with van der Waals surface area (Å²) < 4.78 is 7.40. The lowest BCUT2D eigenvalue weighted by atomic mass is 9.95. The minimum absolute atomic E-state index is 0.200. The van der Waals surface area contributed by atoms with Crippen LogP contribution in [-0.4, -0.2) is 49.0 Å². The highest BCUT2D eigenvalue weighted by atomic mass is 35.5. The SMILES string of the molecule is CC(C)(C)OC(=O)N1CC(c2ccc(-c3cnc4ccn5cc(-c6c(Cl)cccc6Cl)nc5c4c3)cn2)C1. The first kappa shape index (κ1) is 24.6. The van der Waals surface area contributed by atoms with Crippen LogP contribution in [0.3, 0.4) is 0 Å². The number of amides is 1. The van der Waals surface area contributed by atoms with Crippen LogP contribution >= 0.6 is 23.2 Å². The maximum Gasteiger partial charge on any atom is 0.410 e. The number of benzene rings is 1. The molecule has 0 N–H and O–H groups in total. The van der Waals surface area contributed by atoms with Crippen LogP contribution in [-0.2, 0) is 4.74 Å². The van der Waals surface area contributed by atoms with Crippen LogP contribution < -0.4 is 0 Å². The van der Waals surface area contributed by atoms with Gasteiger partial charge < -0.3 is 14.0 Å². The summed E-state index contributed by atoms with van der Waals surface area (Å²) in [5.74, 6) is 0.200. The van der Waals surface area contributed by atoms with Gasteiger partial charge in [0.05, 0.1) is 21.3 Å². The molecule has 1 fully saturated rings. The predicted octanol–water partition coefficient (Wildman–Crippen LogP) is 7.25. The molecular weight excluding hydrogens is 521 g/mol. The summed E-state index contributed by atoms with van der Waals surface area (Å²) in [4.78, 5) is 28.2. The van der Waals surface area contributed by atoms with Gasteiger partial charge in [-0.1, -0.05) is 35.3 Å². The Labute approximate surface area is 230 Å². The van der Waals surface area contributed by atoms with Gasteiger partial charge in [-0.3, -0.25) is 9.97 Å². The Hall–Kier alpha value is -3.68. The van der Waals surface area contributed by atoms with Crippen molar-refractivity contribution in [3.63, 3.8) is 0 Å². The lowest BCUT2D eigenvalue weighted by molar-refractivity contribution is 0.00787. The third-order valence-corrected chi connectivity index (χ3v) is 7.20. The first-order valence-electron chi connectivity index (χ1n) is 12.3. The lowest BCUT2D eigenvalue weighted by Crippen LogP contribution is -2.50. The molecule has 192 valence electrons. The van der Waals surface area contributed by atoms with E-state index in [-0.39, 0.29) is 12.0 Å². The molecule has 5 aromatic rings. The third-order valence-electron chi connectivity index (χ3n) is 6.57. The average Bonchev–Trinajstić information content (AvgIpc) is 3.26. The number of pyridine rings is 3. The largest absolute Gasteiger partial charge is 0.444 e. The number of carbonyl (C=O) groups excluding carboxylic acids is 1. The van der Waals surface area contributed by atoms with Crippen molar-refractivity contribution in [1.82, 2.24) is 24.3 Å². The number of aromatic nitrogens is 4. The number of likely N-dealkylation sites (tertiary alicyclic amines) is 1. The minimum atomic E-state index is -0.499. The van der Waals surface area contributed by atoms with Crippen LogP contribution in [0, 0.1) is 0 Å². The van der Waals surface area contributed by atoms with E-state index in [9.17, 15) is 4.79 Å². The number of hydrogen-bond donors (Lipinski definition) is 0. The van der Waals surface area contributed by atoms with Gasteiger partial charge in [-0.2, -0.15) is 0 Å². The standard InChI is InChI=1S/C29H25Cl2N5O2/c1-29(2,3)38-28(37)36-14-19(15-36)23-8-7-17(12-32-23)18-11-20-24(33-13-18)9-10-35-16-25(34-27(20)35)26-21(30)5-4-6-22(26)31/h4-13,16,19H,14-15H2,1-3H3. The Balaban J connectivity index is 1.26. The zero-order valence-electron chi connectivity index (χ0n) is 21.2. The second kappa shape index (κ2) is 9.26. The van der Waals surface area contributed by atoms with E-state index in [0.29, 0.717) is 34.4 Å². The highest BCUT2D eigenvalue weighted by Gasteiger charge is 2.35. The number of rotatable bonds is 3. The summed E-state index contributed by atoms with van der Waals surface area (Å²) in [5.41, 5.74) is 5.36. The molecule has 1 saturated heterocycles. The summed E-state index contributed by atoms with van der Waals surface area (Å²) in [5, 5.41) is 2.02. The Morgan fingerprint density at radius 1 is 1.00 bits per heavy atom. The van der Waals surface area contributed by atoms with Crippen molar-refractivity contribution in [3.8, 4) is 22.4 Å². The fraction of sp³-hybridized carbons (Fsp3) is 0.241. The van der Waals surface area contributed by atoms with E-state index in [1.807, 2.05) is 74.2 Å². The van der Waals surface area contributed by atoms with Crippen molar-refractivity contribution in [2.75, 3.05) is 13.1 Å². The summed E-state index contributed by atoms with van der Waals surface area (Å²) in [6, 6.07) is 13.5. The van der Waals surface area contributed by atoms with Gasteiger partial charge in [0.25, 0.3) is 0 Å². The van der Waals surface area contributed by atoms with Crippen LogP contribution in [0.1, 0.15) is 32.4 Å². The number of fused-ring (bicyclic) bond motifs is 3. The first-order chi connectivity index (χ1) is 18.2. The molecule has 1 aliphatic heterocycles. The lowest BCUT2D eigenvalue weighted by Gasteiger charge is -2.39. The Morgan fingerprint density at radius 2 is 1.74 bits per heavy atom. The van der Waals surface area contributed by atoms with E-state index in [4.69, 9.17) is 37.9 Å². The van der Waals surface area contributed by atoms with Crippen molar-refractivity contribution in [3.05, 3.63) is 83.0 Å². The van der Waals surface area contributed by atoms with E-state index >= 15 is 0 Å². The maximum atomic E-state index is 12.2. The molecule has 0 unspecified atom stereocenters. The molecule has 0 spiro atoms. The highest BCUT2D eigenvalue weighted by molar-refractivity contribution is 6.39. The quantitative estimate of drug-likeness (QED) is 0.238. The number of imidazole rings is 1. The van der Waals surface area contributed by atoms with Gasteiger partial charge in [-0.15, -0.1) is 0 Å². The molecule has 9 heteroatoms. The number of hydrogen-bond acceptors (Lipinski definition) is 5. The highest BCUT2D eigenvalue weighted by Crippen LogP contribution is 2.35. The van der Waals surface area contributed by atoms with E-state index in [1.54, 1.807) is 17.0 Å². The molecule has 1 amide bonds. The van der Waals surface area contributed by atoms with Crippen molar-refractivity contribution in [1.29, 1.82) is 0 Å². The topological polar surface area (TPSA) is 72.6 Å². The van der Waals surface area contributed by atoms with Crippen LogP contribution in [0.25, 0.3) is 38.9 Å². The number of ether oxygens (including phenoxy) is 1. The molecule has 7 nitrogen and oxygen atoms in total. The normalized spacial score (nSPS) is 14.2. The van der Waals surface area contributed by atoms with E-state index in [0.717, 1.165) is 33.4 Å². The smallest absolute Gasteiger partial charge is 0.410 e. The zero-order chi connectivity index (χ0) is 26.6. The molecule has 5 heterocycles. The molecule has 0 bridgehead atoms. The van der Waals surface area contributed by atoms with E-state index in [1.165, 1.54) is 0 Å². The molecule has 0 radical (unpaired) electrons. The third kappa shape index (κ3) is 4.57. The summed E-state index contributed by atoms with van der Waals surface area (Å²) in [7, 11) is 0. The van der Waals surface area contributed by atoms with E-state index in [2.05, 4.69) is 11.1 Å². The van der Waals surface area contributed by atoms with Crippen LogP contribution in [0.2, 0.25) is 10.0 Å². The molecule has 0 saturated carbocycles. The molecule has 1 aromatic carbocycles. The minimum Gasteiger partial charge on any atom is -0.444 e. The Kier molecular flexibility index (Phi) is 6.00. The number of nitrogens with zero attached hydrogens (tertiary/aromatic N) is 5. The number of halogens is 2. The van der Waals surface area contributed by atoms with Gasteiger partial charge in [-0.05, 0) is 51.1 Å². The molecule has 38 heavy (non-hydrogen) atoms. The van der Waals surface area contributed by atoms with Gasteiger partial charge in [-0.25, -0.2) is 9.78 Å². The van der Waals surface area contributed by atoms with Crippen molar-refractivity contribution in [2.24, 2.45) is 0 Å². The second-order valence-corrected chi connectivity index (χ2v) is 11.3. The van der Waals surface area contributed by atoms with Gasteiger partial charge in [0.1, 0.15) is 11.2 Å². The summed E-state index contributed by atoms with van der Waals surface area (Å²) in [6.45, 7) is 6.82. The molecular formula is C29H25Cl2N5O2.